The standard InChI is InChI=1S/C15H17NO2S/c1-17-14-9-12(16)8-7-11(14)10-18-13-5-3-4-6-15(13)19-2/h3-9H,10,16H2,1-2H3. The molecule has 100 valence electrons. The maximum Gasteiger partial charge on any atom is 0.133 e. The van der Waals surface area contributed by atoms with Crippen molar-refractivity contribution in [1.82, 2.24) is 0 Å². The van der Waals surface area contributed by atoms with E-state index in [2.05, 4.69) is 0 Å². The van der Waals surface area contributed by atoms with Gasteiger partial charge in [-0.3, -0.25) is 0 Å². The number of ether oxygens (including phenoxy) is 2. The normalized spacial score (nSPS) is 10.2. The molecule has 0 atom stereocenters. The zero-order valence-electron chi connectivity index (χ0n) is 11.1. The molecule has 0 unspecified atom stereocenters. The van der Waals surface area contributed by atoms with Crippen molar-refractivity contribution in [3.05, 3.63) is 48.0 Å². The number of para-hydroxylation sites is 1. The van der Waals surface area contributed by atoms with Crippen LogP contribution < -0.4 is 15.2 Å². The van der Waals surface area contributed by atoms with Crippen LogP contribution in [0, 0.1) is 0 Å². The smallest absolute Gasteiger partial charge is 0.133 e. The molecule has 4 heteroatoms. The number of hydrogen-bond acceptors (Lipinski definition) is 4. The van der Waals surface area contributed by atoms with Crippen LogP contribution in [0.4, 0.5) is 5.69 Å². The monoisotopic (exact) mass is 275 g/mol. The van der Waals surface area contributed by atoms with Gasteiger partial charge in [-0.15, -0.1) is 11.8 Å². The fourth-order valence-corrected chi connectivity index (χ4v) is 2.32. The second-order valence-electron chi connectivity index (χ2n) is 4.01. The molecule has 0 saturated heterocycles. The van der Waals surface area contributed by atoms with E-state index in [1.807, 2.05) is 42.7 Å². The Balaban J connectivity index is 2.14. The van der Waals surface area contributed by atoms with Crippen molar-refractivity contribution in [3.8, 4) is 11.5 Å². The SMILES string of the molecule is COc1cc(N)ccc1COc1ccccc1SC. The number of nitrogen functional groups attached to an aromatic ring is 1. The summed E-state index contributed by atoms with van der Waals surface area (Å²) in [4.78, 5) is 1.12. The van der Waals surface area contributed by atoms with E-state index in [9.17, 15) is 0 Å². The minimum Gasteiger partial charge on any atom is -0.496 e. The van der Waals surface area contributed by atoms with E-state index in [-0.39, 0.29) is 0 Å². The summed E-state index contributed by atoms with van der Waals surface area (Å²) in [5.74, 6) is 1.63. The predicted octanol–water partition coefficient (Wildman–Crippen LogP) is 3.58. The second-order valence-corrected chi connectivity index (χ2v) is 4.86. The molecule has 0 aromatic heterocycles. The van der Waals surface area contributed by atoms with Crippen molar-refractivity contribution in [2.24, 2.45) is 0 Å². The lowest BCUT2D eigenvalue weighted by atomic mass is 10.2. The molecule has 0 saturated carbocycles. The highest BCUT2D eigenvalue weighted by atomic mass is 32.2. The fourth-order valence-electron chi connectivity index (χ4n) is 1.77. The molecule has 0 fully saturated rings. The number of rotatable bonds is 5. The Kier molecular flexibility index (Phi) is 4.58. The van der Waals surface area contributed by atoms with Gasteiger partial charge in [0.15, 0.2) is 0 Å². The van der Waals surface area contributed by atoms with E-state index < -0.39 is 0 Å². The van der Waals surface area contributed by atoms with Crippen LogP contribution in [0.2, 0.25) is 0 Å². The molecule has 19 heavy (non-hydrogen) atoms. The molecule has 0 amide bonds. The minimum atomic E-state index is 0.459. The molecule has 2 rings (SSSR count). The number of methoxy groups -OCH3 is 1. The molecule has 0 bridgehead atoms. The lowest BCUT2D eigenvalue weighted by Crippen LogP contribution is -2.00. The van der Waals surface area contributed by atoms with Gasteiger partial charge in [0.25, 0.3) is 0 Å². The topological polar surface area (TPSA) is 44.5 Å². The van der Waals surface area contributed by atoms with Gasteiger partial charge < -0.3 is 15.2 Å². The molecule has 2 aromatic carbocycles. The first kappa shape index (κ1) is 13.6. The molecule has 0 aliphatic heterocycles. The van der Waals surface area contributed by atoms with Gasteiger partial charge in [-0.2, -0.15) is 0 Å². The third-order valence-corrected chi connectivity index (χ3v) is 3.54. The third-order valence-electron chi connectivity index (χ3n) is 2.76. The van der Waals surface area contributed by atoms with E-state index in [1.165, 1.54) is 0 Å². The van der Waals surface area contributed by atoms with Gasteiger partial charge in [0.1, 0.15) is 18.1 Å². The van der Waals surface area contributed by atoms with Gasteiger partial charge in [0.2, 0.25) is 0 Å². The van der Waals surface area contributed by atoms with Crippen LogP contribution in [0.3, 0.4) is 0 Å². The first-order chi connectivity index (χ1) is 9.24. The maximum absolute atomic E-state index is 5.85. The van der Waals surface area contributed by atoms with Crippen molar-refractivity contribution in [2.75, 3.05) is 19.1 Å². The summed E-state index contributed by atoms with van der Waals surface area (Å²) in [5.41, 5.74) is 7.40. The maximum atomic E-state index is 5.85. The summed E-state index contributed by atoms with van der Waals surface area (Å²) in [5, 5.41) is 0. The Morgan fingerprint density at radius 2 is 1.89 bits per heavy atom. The number of benzene rings is 2. The minimum absolute atomic E-state index is 0.459. The Morgan fingerprint density at radius 1 is 1.11 bits per heavy atom. The molecule has 0 aliphatic carbocycles. The summed E-state index contributed by atoms with van der Waals surface area (Å²) in [6, 6.07) is 13.6. The fraction of sp³-hybridized carbons (Fsp3) is 0.200. The lowest BCUT2D eigenvalue weighted by Gasteiger charge is -2.12. The quantitative estimate of drug-likeness (QED) is 0.669. The Labute approximate surface area is 117 Å². The summed E-state index contributed by atoms with van der Waals surface area (Å²) in [7, 11) is 1.63. The van der Waals surface area contributed by atoms with Crippen molar-refractivity contribution in [3.63, 3.8) is 0 Å². The van der Waals surface area contributed by atoms with Gasteiger partial charge in [0, 0.05) is 22.2 Å². The summed E-state index contributed by atoms with van der Waals surface area (Å²) < 4.78 is 11.2. The second kappa shape index (κ2) is 6.38. The van der Waals surface area contributed by atoms with Gasteiger partial charge in [0.05, 0.1) is 7.11 Å². The number of nitrogens with two attached hydrogens (primary N) is 1. The van der Waals surface area contributed by atoms with Gasteiger partial charge in [-0.05, 0) is 30.5 Å². The van der Waals surface area contributed by atoms with Crippen LogP contribution >= 0.6 is 11.8 Å². The van der Waals surface area contributed by atoms with E-state index >= 15 is 0 Å². The largest absolute Gasteiger partial charge is 0.496 e. The molecule has 2 N–H and O–H groups in total. The van der Waals surface area contributed by atoms with E-state index in [4.69, 9.17) is 15.2 Å². The van der Waals surface area contributed by atoms with Crippen LogP contribution in [0.5, 0.6) is 11.5 Å². The number of hydrogen-bond donors (Lipinski definition) is 1. The van der Waals surface area contributed by atoms with E-state index in [1.54, 1.807) is 24.9 Å². The average molecular weight is 275 g/mol. The van der Waals surface area contributed by atoms with Crippen LogP contribution in [-0.2, 0) is 6.61 Å². The third kappa shape index (κ3) is 3.35. The zero-order valence-corrected chi connectivity index (χ0v) is 11.9. The van der Waals surface area contributed by atoms with Crippen LogP contribution in [-0.4, -0.2) is 13.4 Å². The molecular formula is C15H17NO2S. The van der Waals surface area contributed by atoms with E-state index in [0.29, 0.717) is 12.3 Å². The zero-order chi connectivity index (χ0) is 13.7. The number of thioether (sulfide) groups is 1. The highest BCUT2D eigenvalue weighted by Gasteiger charge is 2.06. The summed E-state index contributed by atoms with van der Waals surface area (Å²) in [6.07, 6.45) is 2.03. The van der Waals surface area contributed by atoms with Gasteiger partial charge in [-0.25, -0.2) is 0 Å². The van der Waals surface area contributed by atoms with Crippen molar-refractivity contribution >= 4 is 17.4 Å². The van der Waals surface area contributed by atoms with Crippen LogP contribution in [0.1, 0.15) is 5.56 Å². The molecular weight excluding hydrogens is 258 g/mol. The Morgan fingerprint density at radius 3 is 2.63 bits per heavy atom. The Hall–Kier alpha value is -1.81. The molecule has 3 nitrogen and oxygen atoms in total. The van der Waals surface area contributed by atoms with Crippen molar-refractivity contribution in [1.29, 1.82) is 0 Å². The summed E-state index contributed by atoms with van der Waals surface area (Å²) >= 11 is 1.67. The van der Waals surface area contributed by atoms with Crippen LogP contribution in [0.25, 0.3) is 0 Å². The van der Waals surface area contributed by atoms with Crippen LogP contribution in [0.15, 0.2) is 47.4 Å². The predicted molar refractivity (Wildman–Crippen MR) is 80.0 cm³/mol. The van der Waals surface area contributed by atoms with Crippen molar-refractivity contribution < 1.29 is 9.47 Å². The molecule has 0 spiro atoms. The summed E-state index contributed by atoms with van der Waals surface area (Å²) in [6.45, 7) is 0.459. The first-order valence-electron chi connectivity index (χ1n) is 5.93. The van der Waals surface area contributed by atoms with Crippen molar-refractivity contribution in [2.45, 2.75) is 11.5 Å². The first-order valence-corrected chi connectivity index (χ1v) is 7.15. The number of anilines is 1. The lowest BCUT2D eigenvalue weighted by molar-refractivity contribution is 0.290. The highest BCUT2D eigenvalue weighted by molar-refractivity contribution is 7.98. The van der Waals surface area contributed by atoms with Gasteiger partial charge in [-0.1, -0.05) is 12.1 Å². The van der Waals surface area contributed by atoms with Gasteiger partial charge >= 0.3 is 0 Å². The van der Waals surface area contributed by atoms with E-state index in [0.717, 1.165) is 22.0 Å². The average Bonchev–Trinajstić information content (AvgIpc) is 2.46. The molecule has 0 radical (unpaired) electrons. The highest BCUT2D eigenvalue weighted by Crippen LogP contribution is 2.29. The molecule has 0 aliphatic rings. The molecule has 0 heterocycles. The Bertz CT molecular complexity index is 558. The molecule has 2 aromatic rings.